The number of aryl methyl sites for hydroxylation is 2. The van der Waals surface area contributed by atoms with E-state index in [-0.39, 0.29) is 0 Å². The van der Waals surface area contributed by atoms with Gasteiger partial charge in [0.15, 0.2) is 0 Å². The number of hydrogen-bond donors (Lipinski definition) is 1. The lowest BCUT2D eigenvalue weighted by Gasteiger charge is -2.08. The number of benzene rings is 1. The van der Waals surface area contributed by atoms with Crippen LogP contribution in [0.25, 0.3) is 11.3 Å². The Morgan fingerprint density at radius 2 is 1.90 bits per heavy atom. The molecule has 0 saturated heterocycles. The zero-order valence-electron chi connectivity index (χ0n) is 13.0. The SMILES string of the molecule is CCCc1ccc(-c2nn(C)cc2CNC(C)C)cc1. The molecular formula is C17H25N3. The molecule has 3 nitrogen and oxygen atoms in total. The van der Waals surface area contributed by atoms with Gasteiger partial charge in [-0.15, -0.1) is 0 Å². The van der Waals surface area contributed by atoms with E-state index in [4.69, 9.17) is 0 Å². The molecule has 20 heavy (non-hydrogen) atoms. The van der Waals surface area contributed by atoms with Crippen molar-refractivity contribution in [2.45, 2.75) is 46.2 Å². The second-order valence-corrected chi connectivity index (χ2v) is 5.66. The van der Waals surface area contributed by atoms with E-state index in [0.717, 1.165) is 18.7 Å². The molecule has 0 fully saturated rings. The Kier molecular flexibility index (Phi) is 4.96. The van der Waals surface area contributed by atoms with Crippen molar-refractivity contribution in [3.8, 4) is 11.3 Å². The lowest BCUT2D eigenvalue weighted by atomic mass is 10.0. The summed E-state index contributed by atoms with van der Waals surface area (Å²) in [7, 11) is 1.98. The molecule has 0 aliphatic carbocycles. The number of rotatable bonds is 6. The topological polar surface area (TPSA) is 29.9 Å². The van der Waals surface area contributed by atoms with Gasteiger partial charge in [0.05, 0.1) is 5.69 Å². The molecule has 0 amide bonds. The Labute approximate surface area is 122 Å². The molecule has 0 radical (unpaired) electrons. The quantitative estimate of drug-likeness (QED) is 0.871. The van der Waals surface area contributed by atoms with Gasteiger partial charge in [-0.1, -0.05) is 51.5 Å². The van der Waals surface area contributed by atoms with Gasteiger partial charge in [-0.3, -0.25) is 4.68 Å². The first-order chi connectivity index (χ1) is 9.60. The molecule has 1 aromatic heterocycles. The van der Waals surface area contributed by atoms with Crippen molar-refractivity contribution in [1.29, 1.82) is 0 Å². The minimum Gasteiger partial charge on any atom is -0.310 e. The molecule has 108 valence electrons. The normalized spacial score (nSPS) is 11.2. The van der Waals surface area contributed by atoms with Crippen LogP contribution in [0.15, 0.2) is 30.5 Å². The maximum Gasteiger partial charge on any atom is 0.0967 e. The fourth-order valence-corrected chi connectivity index (χ4v) is 2.34. The van der Waals surface area contributed by atoms with Crippen molar-refractivity contribution in [1.82, 2.24) is 15.1 Å². The first-order valence-corrected chi connectivity index (χ1v) is 7.45. The molecule has 1 N–H and O–H groups in total. The minimum absolute atomic E-state index is 0.481. The van der Waals surface area contributed by atoms with Crippen LogP contribution in [-0.4, -0.2) is 15.8 Å². The predicted molar refractivity (Wildman–Crippen MR) is 84.6 cm³/mol. The molecule has 2 aromatic rings. The summed E-state index contributed by atoms with van der Waals surface area (Å²) in [6, 6.07) is 9.29. The van der Waals surface area contributed by atoms with Crippen LogP contribution >= 0.6 is 0 Å². The highest BCUT2D eigenvalue weighted by molar-refractivity contribution is 5.63. The standard InChI is InChI=1S/C17H25N3/c1-5-6-14-7-9-15(10-8-14)17-16(11-18-13(2)3)12-20(4)19-17/h7-10,12-13,18H,5-6,11H2,1-4H3. The van der Waals surface area contributed by atoms with E-state index in [1.54, 1.807) is 0 Å². The van der Waals surface area contributed by atoms with Gasteiger partial charge in [-0.25, -0.2) is 0 Å². The van der Waals surface area contributed by atoms with Crippen LogP contribution in [0, 0.1) is 0 Å². The first kappa shape index (κ1) is 14.8. The van der Waals surface area contributed by atoms with Crippen LogP contribution in [0.4, 0.5) is 0 Å². The van der Waals surface area contributed by atoms with Gasteiger partial charge in [0.2, 0.25) is 0 Å². The van der Waals surface area contributed by atoms with Crippen molar-refractivity contribution in [3.63, 3.8) is 0 Å². The number of nitrogens with one attached hydrogen (secondary N) is 1. The number of hydrogen-bond acceptors (Lipinski definition) is 2. The third-order valence-corrected chi connectivity index (χ3v) is 3.37. The average molecular weight is 271 g/mol. The largest absolute Gasteiger partial charge is 0.310 e. The third-order valence-electron chi connectivity index (χ3n) is 3.37. The molecule has 0 atom stereocenters. The zero-order valence-corrected chi connectivity index (χ0v) is 13.0. The highest BCUT2D eigenvalue weighted by Gasteiger charge is 2.10. The van der Waals surface area contributed by atoms with Gasteiger partial charge in [-0.05, 0) is 12.0 Å². The van der Waals surface area contributed by atoms with Gasteiger partial charge in [-0.2, -0.15) is 5.10 Å². The maximum atomic E-state index is 4.61. The fraction of sp³-hybridized carbons (Fsp3) is 0.471. The van der Waals surface area contributed by atoms with E-state index in [0.29, 0.717) is 6.04 Å². The summed E-state index contributed by atoms with van der Waals surface area (Å²) < 4.78 is 1.90. The van der Waals surface area contributed by atoms with Crippen LogP contribution in [-0.2, 0) is 20.0 Å². The van der Waals surface area contributed by atoms with Crippen molar-refractivity contribution >= 4 is 0 Å². The van der Waals surface area contributed by atoms with E-state index in [9.17, 15) is 0 Å². The van der Waals surface area contributed by atoms with Gasteiger partial charge in [0, 0.05) is 37.0 Å². The molecule has 0 bridgehead atoms. The van der Waals surface area contributed by atoms with Crippen LogP contribution in [0.2, 0.25) is 0 Å². The van der Waals surface area contributed by atoms with E-state index in [2.05, 4.69) is 61.6 Å². The van der Waals surface area contributed by atoms with Crippen molar-refractivity contribution < 1.29 is 0 Å². The molecule has 1 aromatic carbocycles. The van der Waals surface area contributed by atoms with Crippen molar-refractivity contribution in [2.75, 3.05) is 0 Å². The van der Waals surface area contributed by atoms with Gasteiger partial charge >= 0.3 is 0 Å². The number of aromatic nitrogens is 2. The molecule has 0 saturated carbocycles. The molecule has 1 heterocycles. The molecule has 0 aliphatic heterocycles. The molecule has 3 heteroatoms. The monoisotopic (exact) mass is 271 g/mol. The van der Waals surface area contributed by atoms with Crippen LogP contribution in [0.5, 0.6) is 0 Å². The highest BCUT2D eigenvalue weighted by atomic mass is 15.3. The predicted octanol–water partition coefficient (Wildman–Crippen LogP) is 3.54. The molecular weight excluding hydrogens is 246 g/mol. The van der Waals surface area contributed by atoms with Gasteiger partial charge < -0.3 is 5.32 Å². The summed E-state index contributed by atoms with van der Waals surface area (Å²) in [6.45, 7) is 7.39. The summed E-state index contributed by atoms with van der Waals surface area (Å²) in [4.78, 5) is 0. The Bertz CT molecular complexity index is 538. The van der Waals surface area contributed by atoms with Crippen molar-refractivity contribution in [3.05, 3.63) is 41.6 Å². The molecule has 0 unspecified atom stereocenters. The minimum atomic E-state index is 0.481. The summed E-state index contributed by atoms with van der Waals surface area (Å²) in [5.74, 6) is 0. The highest BCUT2D eigenvalue weighted by Crippen LogP contribution is 2.22. The fourth-order valence-electron chi connectivity index (χ4n) is 2.34. The summed E-state index contributed by atoms with van der Waals surface area (Å²) in [6.07, 6.45) is 4.43. The van der Waals surface area contributed by atoms with E-state index in [1.807, 2.05) is 11.7 Å². The lowest BCUT2D eigenvalue weighted by molar-refractivity contribution is 0.589. The third kappa shape index (κ3) is 3.70. The Morgan fingerprint density at radius 1 is 1.20 bits per heavy atom. The van der Waals surface area contributed by atoms with Crippen LogP contribution in [0.1, 0.15) is 38.3 Å². The van der Waals surface area contributed by atoms with Crippen LogP contribution in [0.3, 0.4) is 0 Å². The van der Waals surface area contributed by atoms with Crippen molar-refractivity contribution in [2.24, 2.45) is 7.05 Å². The Balaban J connectivity index is 2.22. The van der Waals surface area contributed by atoms with Gasteiger partial charge in [0.25, 0.3) is 0 Å². The van der Waals surface area contributed by atoms with E-state index < -0.39 is 0 Å². The number of nitrogens with zero attached hydrogens (tertiary/aromatic N) is 2. The maximum absolute atomic E-state index is 4.61. The zero-order chi connectivity index (χ0) is 14.5. The molecule has 0 spiro atoms. The molecule has 0 aliphatic rings. The summed E-state index contributed by atoms with van der Waals surface area (Å²) in [5, 5.41) is 8.07. The van der Waals surface area contributed by atoms with Crippen LogP contribution < -0.4 is 5.32 Å². The second kappa shape index (κ2) is 6.71. The van der Waals surface area contributed by atoms with E-state index >= 15 is 0 Å². The van der Waals surface area contributed by atoms with Gasteiger partial charge in [0.1, 0.15) is 0 Å². The summed E-state index contributed by atoms with van der Waals surface area (Å²) >= 11 is 0. The first-order valence-electron chi connectivity index (χ1n) is 7.45. The molecule has 2 rings (SSSR count). The average Bonchev–Trinajstić information content (AvgIpc) is 2.79. The Morgan fingerprint density at radius 3 is 2.50 bits per heavy atom. The lowest BCUT2D eigenvalue weighted by Crippen LogP contribution is -2.21. The van der Waals surface area contributed by atoms with E-state index in [1.165, 1.54) is 23.1 Å². The second-order valence-electron chi connectivity index (χ2n) is 5.66. The Hall–Kier alpha value is -1.61. The summed E-state index contributed by atoms with van der Waals surface area (Å²) in [5.41, 5.74) is 4.94. The smallest absolute Gasteiger partial charge is 0.0967 e.